The molecule has 5 nitrogen and oxygen atoms in total. The van der Waals surface area contributed by atoms with Gasteiger partial charge in [-0.15, -0.1) is 5.10 Å². The van der Waals surface area contributed by atoms with Gasteiger partial charge in [-0.1, -0.05) is 17.2 Å². The van der Waals surface area contributed by atoms with Gasteiger partial charge in [-0.2, -0.15) is 11.3 Å². The van der Waals surface area contributed by atoms with E-state index in [1.807, 2.05) is 22.9 Å². The maximum Gasteiger partial charge on any atom is 0.317 e. The molecule has 3 rings (SSSR count). The number of fused-ring (bicyclic) bond motifs is 1. The number of nitrogens with zero attached hydrogens (tertiary/aromatic N) is 4. The highest BCUT2D eigenvalue weighted by Crippen LogP contribution is 2.05. The van der Waals surface area contributed by atoms with Crippen molar-refractivity contribution in [1.82, 2.24) is 0 Å². The smallest absolute Gasteiger partial charge is 0.263 e. The lowest BCUT2D eigenvalue weighted by Crippen LogP contribution is -2.20. The van der Waals surface area contributed by atoms with Crippen molar-refractivity contribution >= 4 is 28.7 Å². The fourth-order valence-corrected chi connectivity index (χ4v) is 1.41. The third kappa shape index (κ3) is 2.29. The van der Waals surface area contributed by atoms with E-state index in [1.54, 1.807) is 17.4 Å². The molecule has 2 aliphatic heterocycles. The van der Waals surface area contributed by atoms with E-state index in [0.717, 1.165) is 0 Å². The molecule has 3 heterocycles. The summed E-state index contributed by atoms with van der Waals surface area (Å²) in [5.74, 6) is -0.421. The first-order chi connectivity index (χ1) is 7.38. The summed E-state index contributed by atoms with van der Waals surface area (Å²) in [7, 11) is 0. The Morgan fingerprint density at radius 3 is 2.60 bits per heavy atom. The Hall–Kier alpha value is -1.95. The summed E-state index contributed by atoms with van der Waals surface area (Å²) in [5.41, 5.74) is 0.787. The molecule has 0 atom stereocenters. The molecule has 1 amide bonds. The number of rotatable bonds is 0. The van der Waals surface area contributed by atoms with Crippen LogP contribution in [0.1, 0.15) is 0 Å². The van der Waals surface area contributed by atoms with Crippen LogP contribution < -0.4 is 0 Å². The van der Waals surface area contributed by atoms with Gasteiger partial charge in [0.25, 0.3) is 0 Å². The van der Waals surface area contributed by atoms with Crippen LogP contribution in [0.2, 0.25) is 0 Å². The number of hydrogen-bond acceptors (Lipinski definition) is 5. The second kappa shape index (κ2) is 4.52. The summed E-state index contributed by atoms with van der Waals surface area (Å²) in [6.07, 6.45) is 3.12. The molecule has 2 aliphatic rings. The molecule has 0 aliphatic carbocycles. The number of amides is 1. The molecule has 1 aromatic rings. The molecule has 0 saturated heterocycles. The molecule has 6 heteroatoms. The standard InChI is InChI=1S/C5H2N4O.C4H4S/c10-5-4-3(1-2-6-4)7-9-8-5;1-2-4-5-3-1/h1-2H;1-4H. The first kappa shape index (κ1) is 9.60. The third-order valence-electron chi connectivity index (χ3n) is 1.59. The molecule has 0 radical (unpaired) electrons. The second-order valence-corrected chi connectivity index (χ2v) is 3.38. The fraction of sp³-hybridized carbons (Fsp3) is 0. The van der Waals surface area contributed by atoms with Crippen LogP contribution in [0.3, 0.4) is 0 Å². The van der Waals surface area contributed by atoms with Gasteiger partial charge < -0.3 is 0 Å². The van der Waals surface area contributed by atoms with Gasteiger partial charge in [0.05, 0.1) is 0 Å². The molecule has 0 unspecified atom stereocenters. The quantitative estimate of drug-likeness (QED) is 0.657. The summed E-state index contributed by atoms with van der Waals surface area (Å²) in [6.45, 7) is 0. The maximum absolute atomic E-state index is 10.8. The summed E-state index contributed by atoms with van der Waals surface area (Å²) in [6, 6.07) is 4.04. The van der Waals surface area contributed by atoms with Crippen molar-refractivity contribution in [2.75, 3.05) is 0 Å². The second-order valence-electron chi connectivity index (χ2n) is 2.57. The highest BCUT2D eigenvalue weighted by Gasteiger charge is 2.21. The summed E-state index contributed by atoms with van der Waals surface area (Å²) >= 11 is 1.71. The van der Waals surface area contributed by atoms with Crippen molar-refractivity contribution < 1.29 is 4.79 Å². The Balaban J connectivity index is 0.000000144. The summed E-state index contributed by atoms with van der Waals surface area (Å²) in [5, 5.41) is 14.1. The maximum atomic E-state index is 10.8. The van der Waals surface area contributed by atoms with Crippen molar-refractivity contribution in [3.05, 3.63) is 35.2 Å². The van der Waals surface area contributed by atoms with Gasteiger partial charge >= 0.3 is 5.91 Å². The molecular formula is C9H6N4OS. The van der Waals surface area contributed by atoms with Crippen molar-refractivity contribution in [2.45, 2.75) is 0 Å². The van der Waals surface area contributed by atoms with Gasteiger partial charge in [0, 0.05) is 6.20 Å². The van der Waals surface area contributed by atoms with Gasteiger partial charge in [0.1, 0.15) is 5.71 Å². The minimum atomic E-state index is -0.421. The van der Waals surface area contributed by atoms with Crippen LogP contribution in [0.15, 0.2) is 55.6 Å². The highest BCUT2D eigenvalue weighted by atomic mass is 32.1. The Bertz CT molecular complexity index is 447. The lowest BCUT2D eigenvalue weighted by molar-refractivity contribution is -0.112. The van der Waals surface area contributed by atoms with Crippen molar-refractivity contribution in [1.29, 1.82) is 0 Å². The zero-order valence-corrected chi connectivity index (χ0v) is 8.39. The molecule has 15 heavy (non-hydrogen) atoms. The van der Waals surface area contributed by atoms with Crippen LogP contribution in [0, 0.1) is 0 Å². The lowest BCUT2D eigenvalue weighted by atomic mass is 10.2. The van der Waals surface area contributed by atoms with Crippen molar-refractivity contribution in [3.63, 3.8) is 0 Å². The van der Waals surface area contributed by atoms with E-state index in [0.29, 0.717) is 5.71 Å². The number of carbonyl (C=O) groups is 1. The molecule has 1 aromatic heterocycles. The Morgan fingerprint density at radius 2 is 2.00 bits per heavy atom. The normalized spacial score (nSPS) is 16.4. The first-order valence-electron chi connectivity index (χ1n) is 4.13. The van der Waals surface area contributed by atoms with E-state index in [2.05, 4.69) is 20.4 Å². The zero-order valence-electron chi connectivity index (χ0n) is 7.57. The Morgan fingerprint density at radius 1 is 1.20 bits per heavy atom. The predicted molar refractivity (Wildman–Crippen MR) is 58.2 cm³/mol. The van der Waals surface area contributed by atoms with E-state index < -0.39 is 5.91 Å². The van der Waals surface area contributed by atoms with Gasteiger partial charge in [0.15, 0.2) is 5.71 Å². The molecule has 0 spiro atoms. The van der Waals surface area contributed by atoms with Crippen LogP contribution in [0.4, 0.5) is 0 Å². The van der Waals surface area contributed by atoms with Crippen LogP contribution >= 0.6 is 11.3 Å². The topological polar surface area (TPSA) is 66.5 Å². The monoisotopic (exact) mass is 218 g/mol. The molecular weight excluding hydrogens is 212 g/mol. The van der Waals surface area contributed by atoms with Crippen LogP contribution in [-0.2, 0) is 4.79 Å². The van der Waals surface area contributed by atoms with Gasteiger partial charge in [-0.05, 0) is 22.1 Å². The average Bonchev–Trinajstić information content (AvgIpc) is 2.93. The Kier molecular flexibility index (Phi) is 2.89. The molecule has 0 bridgehead atoms. The lowest BCUT2D eigenvalue weighted by Gasteiger charge is -1.96. The number of thiophene rings is 1. The van der Waals surface area contributed by atoms with E-state index in [9.17, 15) is 4.79 Å². The largest absolute Gasteiger partial charge is 0.317 e. The van der Waals surface area contributed by atoms with Crippen molar-refractivity contribution in [3.8, 4) is 0 Å². The van der Waals surface area contributed by atoms with Gasteiger partial charge in [-0.25, -0.2) is 4.99 Å². The molecule has 74 valence electrons. The minimum Gasteiger partial charge on any atom is -0.263 e. The van der Waals surface area contributed by atoms with Gasteiger partial charge in [-0.3, -0.25) is 4.79 Å². The summed E-state index contributed by atoms with van der Waals surface area (Å²) in [4.78, 5) is 14.5. The summed E-state index contributed by atoms with van der Waals surface area (Å²) < 4.78 is 0. The van der Waals surface area contributed by atoms with Crippen LogP contribution in [0.5, 0.6) is 0 Å². The number of aliphatic imine (C=N–C) groups is 1. The van der Waals surface area contributed by atoms with E-state index >= 15 is 0 Å². The number of hydrogen-bond donors (Lipinski definition) is 0. The number of carbonyl (C=O) groups excluding carboxylic acids is 1. The van der Waals surface area contributed by atoms with E-state index in [4.69, 9.17) is 0 Å². The molecule has 0 fully saturated rings. The average molecular weight is 218 g/mol. The molecule has 0 aromatic carbocycles. The fourth-order valence-electron chi connectivity index (χ4n) is 0.958. The Labute approximate surface area is 89.6 Å². The number of allylic oxidation sites excluding steroid dienone is 1. The highest BCUT2D eigenvalue weighted by molar-refractivity contribution is 7.07. The first-order valence-corrected chi connectivity index (χ1v) is 5.07. The molecule has 0 saturated carbocycles. The minimum absolute atomic E-state index is 0.287. The van der Waals surface area contributed by atoms with Crippen molar-refractivity contribution in [2.24, 2.45) is 20.4 Å². The van der Waals surface area contributed by atoms with E-state index in [1.165, 1.54) is 6.20 Å². The zero-order chi connectivity index (χ0) is 10.5. The van der Waals surface area contributed by atoms with Gasteiger partial charge in [0.2, 0.25) is 0 Å². The van der Waals surface area contributed by atoms with Crippen LogP contribution in [-0.4, -0.2) is 17.3 Å². The van der Waals surface area contributed by atoms with Crippen LogP contribution in [0.25, 0.3) is 0 Å². The molecule has 0 N–H and O–H groups in total. The van der Waals surface area contributed by atoms with E-state index in [-0.39, 0.29) is 5.71 Å². The third-order valence-corrected chi connectivity index (χ3v) is 2.22. The predicted octanol–water partition coefficient (Wildman–Crippen LogP) is 2.05. The SMILES string of the molecule is O=C1N=NN=C2C=CN=C12.c1ccsc1.